The molecule has 0 aromatic rings. The zero-order valence-corrected chi connectivity index (χ0v) is 6.20. The quantitative estimate of drug-likeness (QED) is 0.142. The van der Waals surface area contributed by atoms with Crippen LogP contribution in [0.2, 0.25) is 0 Å². The van der Waals surface area contributed by atoms with E-state index in [2.05, 4.69) is 16.2 Å². The first-order valence-corrected chi connectivity index (χ1v) is 3.31. The average Bonchev–Trinajstić information content (AvgIpc) is 1.87. The molecule has 10 heavy (non-hydrogen) atoms. The van der Waals surface area contributed by atoms with Crippen molar-refractivity contribution in [3.8, 4) is 0 Å². The number of likely N-dealkylation sites (N-methyl/N-ethyl adjacent to an activating group) is 1. The van der Waals surface area contributed by atoms with E-state index in [-0.39, 0.29) is 5.96 Å². The van der Waals surface area contributed by atoms with E-state index in [1.54, 1.807) is 0 Å². The zero-order valence-electron chi connectivity index (χ0n) is 6.20. The maximum absolute atomic E-state index is 6.76. The number of hydrogen-bond donors (Lipinski definition) is 5. The van der Waals surface area contributed by atoms with Crippen molar-refractivity contribution in [2.75, 3.05) is 19.6 Å². The predicted octanol–water partition coefficient (Wildman–Crippen LogP) is -1.42. The van der Waals surface area contributed by atoms with Crippen LogP contribution in [0.1, 0.15) is 6.92 Å². The lowest BCUT2D eigenvalue weighted by molar-refractivity contribution is 0.598. The summed E-state index contributed by atoms with van der Waals surface area (Å²) in [5, 5.41) is 9.87. The fourth-order valence-electron chi connectivity index (χ4n) is 0.485. The molecule has 5 nitrogen and oxygen atoms in total. The summed E-state index contributed by atoms with van der Waals surface area (Å²) in [4.78, 5) is 0. The minimum absolute atomic E-state index is 0.0588. The van der Waals surface area contributed by atoms with Crippen molar-refractivity contribution in [3.63, 3.8) is 0 Å². The molecule has 60 valence electrons. The number of hydrogen-bond acceptors (Lipinski definition) is 3. The molecule has 0 aromatic carbocycles. The Morgan fingerprint density at radius 2 is 2.20 bits per heavy atom. The molecule has 0 atom stereocenters. The summed E-state index contributed by atoms with van der Waals surface area (Å²) in [6, 6.07) is 0. The molecule has 0 aliphatic heterocycles. The van der Waals surface area contributed by atoms with Crippen LogP contribution in [-0.4, -0.2) is 25.6 Å². The van der Waals surface area contributed by atoms with Gasteiger partial charge in [0.1, 0.15) is 0 Å². The molecule has 0 aliphatic carbocycles. The van der Waals surface area contributed by atoms with Gasteiger partial charge in [-0.05, 0) is 6.54 Å². The molecule has 0 unspecified atom stereocenters. The van der Waals surface area contributed by atoms with Crippen LogP contribution in [0, 0.1) is 5.41 Å². The second kappa shape index (κ2) is 6.31. The average molecular weight is 145 g/mol. The maximum atomic E-state index is 6.76. The van der Waals surface area contributed by atoms with E-state index in [9.17, 15) is 0 Å². The first kappa shape index (κ1) is 9.19. The monoisotopic (exact) mass is 145 g/mol. The van der Waals surface area contributed by atoms with Crippen LogP contribution in [0.4, 0.5) is 0 Å². The van der Waals surface area contributed by atoms with Gasteiger partial charge in [0.05, 0.1) is 0 Å². The Bertz CT molecular complexity index is 92.0. The van der Waals surface area contributed by atoms with Gasteiger partial charge in [-0.1, -0.05) is 6.92 Å². The van der Waals surface area contributed by atoms with E-state index in [4.69, 9.17) is 11.1 Å². The van der Waals surface area contributed by atoms with Crippen LogP contribution in [0.5, 0.6) is 0 Å². The van der Waals surface area contributed by atoms with Crippen LogP contribution in [0.15, 0.2) is 0 Å². The fraction of sp³-hybridized carbons (Fsp3) is 0.800. The molecule has 5 heteroatoms. The zero-order chi connectivity index (χ0) is 7.82. The number of nitrogens with two attached hydrogens (primary N) is 1. The number of hydrazine groups is 1. The Labute approximate surface area is 60.8 Å². The van der Waals surface area contributed by atoms with Crippen LogP contribution in [0.25, 0.3) is 0 Å². The summed E-state index contributed by atoms with van der Waals surface area (Å²) in [6.07, 6.45) is 0. The summed E-state index contributed by atoms with van der Waals surface area (Å²) in [5.41, 5.74) is 10.2. The predicted molar refractivity (Wildman–Crippen MR) is 41.6 cm³/mol. The van der Waals surface area contributed by atoms with Crippen LogP contribution < -0.4 is 21.9 Å². The van der Waals surface area contributed by atoms with Gasteiger partial charge in [0.2, 0.25) is 0 Å². The Kier molecular flexibility index (Phi) is 5.80. The van der Waals surface area contributed by atoms with Crippen LogP contribution in [-0.2, 0) is 0 Å². The Balaban J connectivity index is 2.84. The highest BCUT2D eigenvalue weighted by Crippen LogP contribution is 1.54. The normalized spacial score (nSPS) is 9.30. The molecular weight excluding hydrogens is 130 g/mol. The van der Waals surface area contributed by atoms with Gasteiger partial charge in [-0.15, -0.1) is 0 Å². The lowest BCUT2D eigenvalue weighted by atomic mass is 10.6. The lowest BCUT2D eigenvalue weighted by Crippen LogP contribution is -2.44. The molecule has 0 amide bonds. The smallest absolute Gasteiger partial charge is 0.200 e. The molecule has 0 bridgehead atoms. The van der Waals surface area contributed by atoms with Crippen molar-refractivity contribution in [2.24, 2.45) is 5.73 Å². The van der Waals surface area contributed by atoms with E-state index in [1.165, 1.54) is 0 Å². The van der Waals surface area contributed by atoms with Gasteiger partial charge in [0.15, 0.2) is 5.96 Å². The highest BCUT2D eigenvalue weighted by Gasteiger charge is 1.84. The third kappa shape index (κ3) is 7.19. The first-order valence-electron chi connectivity index (χ1n) is 3.31. The van der Waals surface area contributed by atoms with Crippen molar-refractivity contribution < 1.29 is 0 Å². The molecule has 0 aromatic heterocycles. The lowest BCUT2D eigenvalue weighted by Gasteiger charge is -2.05. The number of guanidine groups is 1. The molecule has 0 spiro atoms. The second-order valence-corrected chi connectivity index (χ2v) is 1.82. The van der Waals surface area contributed by atoms with E-state index in [0.717, 1.165) is 19.6 Å². The van der Waals surface area contributed by atoms with E-state index in [0.29, 0.717) is 0 Å². The Morgan fingerprint density at radius 1 is 1.50 bits per heavy atom. The standard InChI is InChI=1S/C5H15N5/c1-2-8-3-4-9-10-5(6)7/h8-9H,2-4H2,1H3,(H4,6,7,10). The summed E-state index contributed by atoms with van der Waals surface area (Å²) in [5.74, 6) is -0.0588. The van der Waals surface area contributed by atoms with Crippen molar-refractivity contribution >= 4 is 5.96 Å². The Hall–Kier alpha value is -0.810. The molecule has 0 heterocycles. The van der Waals surface area contributed by atoms with E-state index in [1.807, 2.05) is 6.92 Å². The number of nitrogens with one attached hydrogen (secondary N) is 4. The third-order valence-electron chi connectivity index (χ3n) is 0.900. The summed E-state index contributed by atoms with van der Waals surface area (Å²) < 4.78 is 0. The van der Waals surface area contributed by atoms with Crippen LogP contribution in [0.3, 0.4) is 0 Å². The third-order valence-corrected chi connectivity index (χ3v) is 0.900. The summed E-state index contributed by atoms with van der Waals surface area (Å²) in [7, 11) is 0. The van der Waals surface area contributed by atoms with Crippen molar-refractivity contribution in [1.82, 2.24) is 16.2 Å². The topological polar surface area (TPSA) is 86.0 Å². The molecule has 0 fully saturated rings. The van der Waals surface area contributed by atoms with Crippen molar-refractivity contribution in [1.29, 1.82) is 5.41 Å². The molecule has 0 saturated carbocycles. The van der Waals surface area contributed by atoms with Gasteiger partial charge in [0, 0.05) is 13.1 Å². The van der Waals surface area contributed by atoms with Gasteiger partial charge < -0.3 is 11.1 Å². The highest BCUT2D eigenvalue weighted by molar-refractivity contribution is 5.73. The van der Waals surface area contributed by atoms with Gasteiger partial charge in [-0.2, -0.15) is 0 Å². The van der Waals surface area contributed by atoms with Crippen molar-refractivity contribution in [3.05, 3.63) is 0 Å². The van der Waals surface area contributed by atoms with Gasteiger partial charge in [0.25, 0.3) is 0 Å². The van der Waals surface area contributed by atoms with E-state index < -0.39 is 0 Å². The van der Waals surface area contributed by atoms with Crippen molar-refractivity contribution in [2.45, 2.75) is 6.92 Å². The minimum Gasteiger partial charge on any atom is -0.369 e. The van der Waals surface area contributed by atoms with Gasteiger partial charge in [-0.25, -0.2) is 5.43 Å². The largest absolute Gasteiger partial charge is 0.369 e. The highest BCUT2D eigenvalue weighted by atomic mass is 15.4. The molecule has 0 radical (unpaired) electrons. The maximum Gasteiger partial charge on any atom is 0.200 e. The summed E-state index contributed by atoms with van der Waals surface area (Å²) in [6.45, 7) is 4.63. The SMILES string of the molecule is CCNCCNNC(=N)N. The second-order valence-electron chi connectivity index (χ2n) is 1.82. The van der Waals surface area contributed by atoms with Crippen LogP contribution >= 0.6 is 0 Å². The minimum atomic E-state index is -0.0588. The Morgan fingerprint density at radius 3 is 2.70 bits per heavy atom. The molecular formula is C5H15N5. The fourth-order valence-corrected chi connectivity index (χ4v) is 0.485. The van der Waals surface area contributed by atoms with Gasteiger partial charge >= 0.3 is 0 Å². The molecule has 0 rings (SSSR count). The van der Waals surface area contributed by atoms with E-state index >= 15 is 0 Å². The first-order chi connectivity index (χ1) is 4.77. The molecule has 0 saturated heterocycles. The number of rotatable bonds is 5. The molecule has 6 N–H and O–H groups in total. The molecule has 0 aliphatic rings. The van der Waals surface area contributed by atoms with Gasteiger partial charge in [-0.3, -0.25) is 10.8 Å². The summed E-state index contributed by atoms with van der Waals surface area (Å²) >= 11 is 0.